The normalized spacial score (nSPS) is 27.2. The lowest BCUT2D eigenvalue weighted by atomic mass is 9.83. The fourth-order valence-corrected chi connectivity index (χ4v) is 6.68. The van der Waals surface area contributed by atoms with Gasteiger partial charge in [-0.3, -0.25) is 19.2 Å². The minimum Gasteiger partial charge on any atom is -0.444 e. The molecule has 0 spiro atoms. The Morgan fingerprint density at radius 3 is 2.21 bits per heavy atom. The monoisotopic (exact) mass is 532 g/mol. The molecule has 4 N–H and O–H groups in total. The molecule has 0 radical (unpaired) electrons. The molecular weight excluding hydrogens is 488 g/mol. The van der Waals surface area contributed by atoms with Crippen LogP contribution in [0.4, 0.5) is 4.79 Å². The zero-order valence-electron chi connectivity index (χ0n) is 23.0. The molecule has 4 aliphatic rings. The fraction of sp³-hybridized carbons (Fsp3) is 0.821. The van der Waals surface area contributed by atoms with Gasteiger partial charge in [0.15, 0.2) is 0 Å². The van der Waals surface area contributed by atoms with E-state index >= 15 is 0 Å². The molecule has 212 valence electrons. The highest BCUT2D eigenvalue weighted by Gasteiger charge is 2.52. The van der Waals surface area contributed by atoms with Crippen molar-refractivity contribution >= 4 is 29.6 Å². The smallest absolute Gasteiger partial charge is 0.408 e. The number of nitrogens with zero attached hydrogens (tertiary/aromatic N) is 1. The summed E-state index contributed by atoms with van der Waals surface area (Å²) < 4.78 is 5.48. The van der Waals surface area contributed by atoms with Crippen molar-refractivity contribution in [3.63, 3.8) is 0 Å². The van der Waals surface area contributed by atoms with E-state index in [0.717, 1.165) is 64.2 Å². The number of Topliss-reactive ketones (excluding diaryl/α,β-unsaturated/α-hetero) is 1. The van der Waals surface area contributed by atoms with Crippen LogP contribution in [0, 0.1) is 23.7 Å². The molecule has 5 atom stereocenters. The van der Waals surface area contributed by atoms with Crippen molar-refractivity contribution in [3.05, 3.63) is 0 Å². The molecule has 1 aliphatic heterocycles. The van der Waals surface area contributed by atoms with Gasteiger partial charge in [0.2, 0.25) is 17.6 Å². The minimum atomic E-state index is -1.06. The highest BCUT2D eigenvalue weighted by Crippen LogP contribution is 2.43. The van der Waals surface area contributed by atoms with Gasteiger partial charge >= 0.3 is 6.09 Å². The van der Waals surface area contributed by atoms with E-state index in [4.69, 9.17) is 10.5 Å². The Kier molecular flexibility index (Phi) is 8.67. The van der Waals surface area contributed by atoms with Crippen LogP contribution in [0.15, 0.2) is 0 Å². The Hall–Kier alpha value is -2.65. The number of alkyl carbamates (subject to hydrolysis) is 1. The summed E-state index contributed by atoms with van der Waals surface area (Å²) in [5, 5.41) is 5.66. The number of nitrogens with one attached hydrogen (secondary N) is 2. The molecule has 38 heavy (non-hydrogen) atoms. The third kappa shape index (κ3) is 6.86. The second-order valence-electron chi connectivity index (χ2n) is 12.8. The number of primary amides is 1. The topological polar surface area (TPSA) is 148 Å². The average Bonchev–Trinajstić information content (AvgIpc) is 3.42. The molecular formula is C28H44N4O6. The number of hydrogen-bond acceptors (Lipinski definition) is 6. The molecule has 1 heterocycles. The molecule has 10 nitrogen and oxygen atoms in total. The summed E-state index contributed by atoms with van der Waals surface area (Å²) in [5.41, 5.74) is 4.57. The van der Waals surface area contributed by atoms with Gasteiger partial charge in [0.1, 0.15) is 17.7 Å². The Morgan fingerprint density at radius 2 is 1.61 bits per heavy atom. The molecule has 3 unspecified atom stereocenters. The maximum atomic E-state index is 14.1. The van der Waals surface area contributed by atoms with Crippen LogP contribution >= 0.6 is 0 Å². The molecule has 0 aromatic rings. The second kappa shape index (κ2) is 11.6. The highest BCUT2D eigenvalue weighted by molar-refractivity contribution is 6.37. The van der Waals surface area contributed by atoms with Gasteiger partial charge in [-0.15, -0.1) is 0 Å². The maximum absolute atomic E-state index is 14.1. The summed E-state index contributed by atoms with van der Waals surface area (Å²) in [6.45, 7) is 5.77. The lowest BCUT2D eigenvalue weighted by Gasteiger charge is -2.36. The number of fused-ring (bicyclic) bond motifs is 1. The maximum Gasteiger partial charge on any atom is 0.408 e. The Bertz CT molecular complexity index is 936. The summed E-state index contributed by atoms with van der Waals surface area (Å²) in [5.74, 6) is -2.10. The van der Waals surface area contributed by atoms with E-state index in [9.17, 15) is 24.0 Å². The average molecular weight is 533 g/mol. The quantitative estimate of drug-likeness (QED) is 0.389. The summed E-state index contributed by atoms with van der Waals surface area (Å²) in [4.78, 5) is 66.5. The van der Waals surface area contributed by atoms with Gasteiger partial charge < -0.3 is 26.0 Å². The van der Waals surface area contributed by atoms with Crippen LogP contribution < -0.4 is 16.4 Å². The Labute approximate surface area is 225 Å². The number of carbonyl (C=O) groups is 5. The molecule has 4 amide bonds. The summed E-state index contributed by atoms with van der Waals surface area (Å²) in [7, 11) is 0. The van der Waals surface area contributed by atoms with Gasteiger partial charge in [0.25, 0.3) is 5.91 Å². The number of hydrogen-bond donors (Lipinski definition) is 3. The number of rotatable bonds is 9. The minimum absolute atomic E-state index is 0.0160. The van der Waals surface area contributed by atoms with Crippen molar-refractivity contribution in [2.75, 3.05) is 6.54 Å². The van der Waals surface area contributed by atoms with E-state index < -0.39 is 47.4 Å². The Morgan fingerprint density at radius 1 is 0.921 bits per heavy atom. The SMILES string of the molecule is CC(C)(C)OC(=O)N[C@H](C(=O)N1CC2CCCC2[C@H]1C(=O)NC(CC1CC1)C(=O)C(N)=O)C1CCCCC1. The van der Waals surface area contributed by atoms with Crippen molar-refractivity contribution in [3.8, 4) is 0 Å². The van der Waals surface area contributed by atoms with E-state index in [1.807, 2.05) is 0 Å². The number of likely N-dealkylation sites (tertiary alicyclic amines) is 1. The van der Waals surface area contributed by atoms with Crippen molar-refractivity contribution in [2.45, 2.75) is 115 Å². The van der Waals surface area contributed by atoms with Crippen LogP contribution in [0.1, 0.15) is 91.4 Å². The molecule has 4 rings (SSSR count). The van der Waals surface area contributed by atoms with Crippen LogP contribution in [0.2, 0.25) is 0 Å². The largest absolute Gasteiger partial charge is 0.444 e. The third-order valence-corrected chi connectivity index (χ3v) is 8.64. The van der Waals surface area contributed by atoms with Crippen molar-refractivity contribution in [1.29, 1.82) is 0 Å². The summed E-state index contributed by atoms with van der Waals surface area (Å²) in [6.07, 6.45) is 9.08. The molecule has 1 saturated heterocycles. The standard InChI is InChI=1S/C28H44N4O6/c1-28(2,3)38-27(37)31-21(17-8-5-4-6-9-17)26(36)32-15-18-10-7-11-19(18)22(32)25(35)30-20(14-16-12-13-16)23(33)24(29)34/h16-22H,4-15H2,1-3H3,(H2,29,34)(H,30,35)(H,31,37)/t18?,19?,20?,21-,22-/m0/s1. The van der Waals surface area contributed by atoms with Gasteiger partial charge in [0.05, 0.1) is 6.04 Å². The van der Waals surface area contributed by atoms with Crippen LogP contribution in [0.25, 0.3) is 0 Å². The molecule has 0 aromatic carbocycles. The van der Waals surface area contributed by atoms with E-state index in [2.05, 4.69) is 10.6 Å². The molecule has 4 fully saturated rings. The summed E-state index contributed by atoms with van der Waals surface area (Å²) >= 11 is 0. The number of ether oxygens (including phenoxy) is 1. The predicted octanol–water partition coefficient (Wildman–Crippen LogP) is 2.43. The van der Waals surface area contributed by atoms with Gasteiger partial charge in [-0.2, -0.15) is 0 Å². The van der Waals surface area contributed by atoms with Crippen molar-refractivity contribution < 1.29 is 28.7 Å². The number of nitrogens with two attached hydrogens (primary N) is 1. The highest BCUT2D eigenvalue weighted by atomic mass is 16.6. The third-order valence-electron chi connectivity index (χ3n) is 8.64. The first-order valence-corrected chi connectivity index (χ1v) is 14.4. The van der Waals surface area contributed by atoms with Crippen LogP contribution in [-0.4, -0.2) is 64.8 Å². The molecule has 3 saturated carbocycles. The number of carbonyl (C=O) groups excluding carboxylic acids is 5. The first kappa shape index (κ1) is 28.4. The zero-order valence-corrected chi connectivity index (χ0v) is 23.0. The second-order valence-corrected chi connectivity index (χ2v) is 12.8. The van der Waals surface area contributed by atoms with Crippen LogP contribution in [-0.2, 0) is 23.9 Å². The molecule has 0 bridgehead atoms. The first-order chi connectivity index (χ1) is 17.9. The number of ketones is 1. The Balaban J connectivity index is 1.55. The van der Waals surface area contributed by atoms with E-state index in [1.165, 1.54) is 0 Å². The zero-order chi connectivity index (χ0) is 27.6. The van der Waals surface area contributed by atoms with Crippen molar-refractivity contribution in [2.24, 2.45) is 29.4 Å². The van der Waals surface area contributed by atoms with Gasteiger partial charge in [-0.1, -0.05) is 38.5 Å². The molecule has 0 aromatic heterocycles. The lowest BCUT2D eigenvalue weighted by molar-refractivity contribution is -0.144. The van der Waals surface area contributed by atoms with Gasteiger partial charge in [-0.05, 0) is 76.5 Å². The van der Waals surface area contributed by atoms with Gasteiger partial charge in [-0.25, -0.2) is 4.79 Å². The molecule has 10 heteroatoms. The first-order valence-electron chi connectivity index (χ1n) is 14.4. The van der Waals surface area contributed by atoms with Crippen LogP contribution in [0.5, 0.6) is 0 Å². The summed E-state index contributed by atoms with van der Waals surface area (Å²) in [6, 6.07) is -2.50. The van der Waals surface area contributed by atoms with E-state index in [0.29, 0.717) is 13.0 Å². The number of amides is 4. The molecule has 3 aliphatic carbocycles. The van der Waals surface area contributed by atoms with Gasteiger partial charge in [0, 0.05) is 6.54 Å². The lowest BCUT2D eigenvalue weighted by Crippen LogP contribution is -2.59. The fourth-order valence-electron chi connectivity index (χ4n) is 6.68. The van der Waals surface area contributed by atoms with Crippen LogP contribution in [0.3, 0.4) is 0 Å². The predicted molar refractivity (Wildman–Crippen MR) is 140 cm³/mol. The van der Waals surface area contributed by atoms with Crippen molar-refractivity contribution in [1.82, 2.24) is 15.5 Å². The van der Waals surface area contributed by atoms with E-state index in [1.54, 1.807) is 25.7 Å². The van der Waals surface area contributed by atoms with E-state index in [-0.39, 0.29) is 29.6 Å².